The molecule has 1 aromatic heterocycles. The summed E-state index contributed by atoms with van der Waals surface area (Å²) in [6.07, 6.45) is -4.72. The molecule has 1 aliphatic heterocycles. The van der Waals surface area contributed by atoms with Crippen LogP contribution in [0.1, 0.15) is 20.1 Å². The predicted molar refractivity (Wildman–Crippen MR) is 91.5 cm³/mol. The SMILES string of the molecule is CC(C)Nc1nc2cc(Cl)c(Cl)cc2n1[C@@H]1OC[C@@H](O)[C@@H](O)[C@H]1O. The number of nitrogens with zero attached hydrogens (tertiary/aromatic N) is 2. The van der Waals surface area contributed by atoms with Crippen LogP contribution in [0.2, 0.25) is 10.0 Å². The Morgan fingerprint density at radius 1 is 1.21 bits per heavy atom. The van der Waals surface area contributed by atoms with E-state index in [2.05, 4.69) is 10.3 Å². The Labute approximate surface area is 148 Å². The first-order valence-electron chi connectivity index (χ1n) is 7.59. The zero-order valence-electron chi connectivity index (χ0n) is 13.1. The summed E-state index contributed by atoms with van der Waals surface area (Å²) in [4.78, 5) is 4.48. The third-order valence-corrected chi connectivity index (χ3v) is 4.60. The number of rotatable bonds is 3. The molecule has 132 valence electrons. The van der Waals surface area contributed by atoms with Gasteiger partial charge in [-0.15, -0.1) is 0 Å². The molecule has 0 spiro atoms. The molecule has 1 fully saturated rings. The molecule has 0 aliphatic carbocycles. The topological polar surface area (TPSA) is 99.8 Å². The van der Waals surface area contributed by atoms with Crippen molar-refractivity contribution in [2.75, 3.05) is 11.9 Å². The first kappa shape index (κ1) is 17.7. The maximum absolute atomic E-state index is 10.4. The van der Waals surface area contributed by atoms with Crippen LogP contribution in [0.5, 0.6) is 0 Å². The van der Waals surface area contributed by atoms with E-state index < -0.39 is 24.5 Å². The van der Waals surface area contributed by atoms with Crippen LogP contribution < -0.4 is 5.32 Å². The molecule has 2 heterocycles. The quantitative estimate of drug-likeness (QED) is 0.652. The van der Waals surface area contributed by atoms with E-state index in [9.17, 15) is 15.3 Å². The lowest BCUT2D eigenvalue weighted by molar-refractivity contribution is -0.209. The number of ether oxygens (including phenoxy) is 1. The normalized spacial score (nSPS) is 27.8. The lowest BCUT2D eigenvalue weighted by Gasteiger charge is -2.36. The van der Waals surface area contributed by atoms with E-state index >= 15 is 0 Å². The molecule has 4 atom stereocenters. The van der Waals surface area contributed by atoms with Crippen LogP contribution in [0.25, 0.3) is 11.0 Å². The van der Waals surface area contributed by atoms with Crippen molar-refractivity contribution in [3.8, 4) is 0 Å². The maximum atomic E-state index is 10.4. The maximum Gasteiger partial charge on any atom is 0.206 e. The molecule has 4 N–H and O–H groups in total. The van der Waals surface area contributed by atoms with Gasteiger partial charge in [0.25, 0.3) is 0 Å². The lowest BCUT2D eigenvalue weighted by atomic mass is 10.0. The van der Waals surface area contributed by atoms with Gasteiger partial charge in [0, 0.05) is 6.04 Å². The summed E-state index contributed by atoms with van der Waals surface area (Å²) < 4.78 is 7.19. The van der Waals surface area contributed by atoms with Crippen LogP contribution in [0.3, 0.4) is 0 Å². The minimum atomic E-state index is -1.33. The Hall–Kier alpha value is -1.09. The van der Waals surface area contributed by atoms with Crippen LogP contribution >= 0.6 is 23.2 Å². The Bertz CT molecular complexity index is 752. The molecule has 0 amide bonds. The number of imidazole rings is 1. The third kappa shape index (κ3) is 3.08. The Kier molecular flexibility index (Phi) is 4.92. The number of halogens is 2. The number of anilines is 1. The highest BCUT2D eigenvalue weighted by Crippen LogP contribution is 2.35. The van der Waals surface area contributed by atoms with Crippen molar-refractivity contribution < 1.29 is 20.1 Å². The van der Waals surface area contributed by atoms with Crippen molar-refractivity contribution in [1.29, 1.82) is 0 Å². The molecule has 9 heteroatoms. The molecule has 2 aromatic rings. The largest absolute Gasteiger partial charge is 0.388 e. The van der Waals surface area contributed by atoms with Gasteiger partial charge in [-0.3, -0.25) is 4.57 Å². The van der Waals surface area contributed by atoms with Crippen molar-refractivity contribution in [2.24, 2.45) is 0 Å². The summed E-state index contributed by atoms with van der Waals surface area (Å²) in [5.74, 6) is 0.450. The van der Waals surface area contributed by atoms with Crippen molar-refractivity contribution >= 4 is 40.2 Å². The second-order valence-electron chi connectivity index (χ2n) is 6.13. The van der Waals surface area contributed by atoms with Gasteiger partial charge in [-0.2, -0.15) is 0 Å². The number of nitrogens with one attached hydrogen (secondary N) is 1. The van der Waals surface area contributed by atoms with Gasteiger partial charge < -0.3 is 25.4 Å². The summed E-state index contributed by atoms with van der Waals surface area (Å²) in [6.45, 7) is 3.78. The Morgan fingerprint density at radius 2 is 1.88 bits per heavy atom. The molecule has 0 radical (unpaired) electrons. The molecule has 0 bridgehead atoms. The average molecular weight is 376 g/mol. The van der Waals surface area contributed by atoms with Crippen LogP contribution in [0.4, 0.5) is 5.95 Å². The minimum absolute atomic E-state index is 0.0720. The second kappa shape index (κ2) is 6.67. The van der Waals surface area contributed by atoms with Crippen molar-refractivity contribution in [2.45, 2.75) is 44.4 Å². The van der Waals surface area contributed by atoms with Gasteiger partial charge in [-0.05, 0) is 26.0 Å². The molecule has 1 aliphatic rings. The fourth-order valence-electron chi connectivity index (χ4n) is 2.73. The number of fused-ring (bicyclic) bond motifs is 1. The van der Waals surface area contributed by atoms with Crippen molar-refractivity contribution in [3.63, 3.8) is 0 Å². The van der Waals surface area contributed by atoms with Gasteiger partial charge in [-0.25, -0.2) is 4.98 Å². The number of hydrogen-bond donors (Lipinski definition) is 4. The second-order valence-corrected chi connectivity index (χ2v) is 6.95. The fourth-order valence-corrected chi connectivity index (χ4v) is 3.04. The van der Waals surface area contributed by atoms with Gasteiger partial charge in [0.1, 0.15) is 18.3 Å². The van der Waals surface area contributed by atoms with E-state index in [4.69, 9.17) is 27.9 Å². The van der Waals surface area contributed by atoms with Crippen LogP contribution in [0.15, 0.2) is 12.1 Å². The highest BCUT2D eigenvalue weighted by molar-refractivity contribution is 6.42. The summed E-state index contributed by atoms with van der Waals surface area (Å²) in [7, 11) is 0. The zero-order valence-corrected chi connectivity index (χ0v) is 14.7. The molecule has 7 nitrogen and oxygen atoms in total. The number of aliphatic hydroxyl groups excluding tert-OH is 3. The number of aliphatic hydroxyl groups is 3. The van der Waals surface area contributed by atoms with Gasteiger partial charge in [0.15, 0.2) is 6.23 Å². The predicted octanol–water partition coefficient (Wildman–Crippen LogP) is 1.77. The fraction of sp³-hybridized carbons (Fsp3) is 0.533. The van der Waals surface area contributed by atoms with E-state index in [1.165, 1.54) is 0 Å². The molecule has 0 saturated carbocycles. The van der Waals surface area contributed by atoms with E-state index in [0.29, 0.717) is 27.0 Å². The zero-order chi connectivity index (χ0) is 17.6. The summed E-state index contributed by atoms with van der Waals surface area (Å²) in [5, 5.41) is 33.9. The van der Waals surface area contributed by atoms with E-state index in [-0.39, 0.29) is 12.6 Å². The highest BCUT2D eigenvalue weighted by atomic mass is 35.5. The Morgan fingerprint density at radius 3 is 2.54 bits per heavy atom. The molecule has 24 heavy (non-hydrogen) atoms. The molecule has 1 aromatic carbocycles. The molecular formula is C15H19Cl2N3O4. The molecule has 0 unspecified atom stereocenters. The standard InChI is InChI=1S/C15H19Cl2N3O4/c1-6(2)18-15-19-9-3-7(16)8(17)4-10(9)20(15)14-13(23)12(22)11(21)5-24-14/h3-4,6,11-14,21-23H,5H2,1-2H3,(H,18,19)/t11-,12-,13-,14-/m1/s1. The van der Waals surface area contributed by atoms with Crippen molar-refractivity contribution in [3.05, 3.63) is 22.2 Å². The third-order valence-electron chi connectivity index (χ3n) is 3.88. The van der Waals surface area contributed by atoms with E-state index in [1.807, 2.05) is 13.8 Å². The monoisotopic (exact) mass is 375 g/mol. The Balaban J connectivity index is 2.15. The first-order chi connectivity index (χ1) is 11.3. The number of benzene rings is 1. The van der Waals surface area contributed by atoms with Crippen LogP contribution in [0, 0.1) is 0 Å². The minimum Gasteiger partial charge on any atom is -0.388 e. The first-order valence-corrected chi connectivity index (χ1v) is 8.34. The highest BCUT2D eigenvalue weighted by Gasteiger charge is 2.40. The summed E-state index contributed by atoms with van der Waals surface area (Å²) >= 11 is 12.2. The van der Waals surface area contributed by atoms with Crippen LogP contribution in [-0.4, -0.2) is 55.8 Å². The van der Waals surface area contributed by atoms with Gasteiger partial charge in [0.05, 0.1) is 27.7 Å². The van der Waals surface area contributed by atoms with E-state index in [0.717, 1.165) is 0 Å². The smallest absolute Gasteiger partial charge is 0.206 e. The molecular weight excluding hydrogens is 357 g/mol. The van der Waals surface area contributed by atoms with Crippen molar-refractivity contribution in [1.82, 2.24) is 9.55 Å². The lowest BCUT2D eigenvalue weighted by Crippen LogP contribution is -2.50. The van der Waals surface area contributed by atoms with Gasteiger partial charge in [-0.1, -0.05) is 23.2 Å². The average Bonchev–Trinajstić information content (AvgIpc) is 2.82. The molecule has 1 saturated heterocycles. The van der Waals surface area contributed by atoms with Crippen LogP contribution in [-0.2, 0) is 4.74 Å². The van der Waals surface area contributed by atoms with Gasteiger partial charge in [0.2, 0.25) is 5.95 Å². The summed E-state index contributed by atoms with van der Waals surface area (Å²) in [6, 6.07) is 3.33. The summed E-state index contributed by atoms with van der Waals surface area (Å²) in [5.41, 5.74) is 1.17. The number of aromatic nitrogens is 2. The van der Waals surface area contributed by atoms with Gasteiger partial charge >= 0.3 is 0 Å². The number of hydrogen-bond acceptors (Lipinski definition) is 6. The molecule has 3 rings (SSSR count). The van der Waals surface area contributed by atoms with E-state index in [1.54, 1.807) is 16.7 Å².